The molecule has 0 spiro atoms. The molecule has 6 nitrogen and oxygen atoms in total. The van der Waals surface area contributed by atoms with Crippen molar-refractivity contribution in [2.24, 2.45) is 0 Å². The van der Waals surface area contributed by atoms with Crippen molar-refractivity contribution < 1.29 is 8.91 Å². The first-order chi connectivity index (χ1) is 12.7. The van der Waals surface area contributed by atoms with E-state index < -0.39 is 0 Å². The highest BCUT2D eigenvalue weighted by molar-refractivity contribution is 5.77. The molecule has 7 heteroatoms. The van der Waals surface area contributed by atoms with Crippen LogP contribution in [0.25, 0.3) is 22.4 Å². The molecule has 0 aliphatic carbocycles. The van der Waals surface area contributed by atoms with Crippen LogP contribution in [-0.2, 0) is 13.0 Å². The number of halogens is 1. The van der Waals surface area contributed by atoms with Crippen molar-refractivity contribution in [1.82, 2.24) is 19.7 Å². The highest BCUT2D eigenvalue weighted by Crippen LogP contribution is 2.18. The standard InChI is InChI=1S/C19H15FN4O2/c1-2-17-21-15-9-4-3-8-14(15)19(25)24(17)11-16-22-18(26-23-16)12-6-5-7-13(20)10-12/h3-10H,2,11H2,1H3. The monoisotopic (exact) mass is 350 g/mol. The lowest BCUT2D eigenvalue weighted by atomic mass is 10.2. The molecular weight excluding hydrogens is 335 g/mol. The van der Waals surface area contributed by atoms with Crippen LogP contribution in [0.4, 0.5) is 4.39 Å². The molecular formula is C19H15FN4O2. The van der Waals surface area contributed by atoms with Gasteiger partial charge in [-0.1, -0.05) is 30.3 Å². The van der Waals surface area contributed by atoms with Gasteiger partial charge in [-0.15, -0.1) is 0 Å². The quantitative estimate of drug-likeness (QED) is 0.565. The van der Waals surface area contributed by atoms with Crippen LogP contribution in [0.15, 0.2) is 57.8 Å². The number of fused-ring (bicyclic) bond motifs is 1. The number of rotatable bonds is 4. The number of benzene rings is 2. The minimum Gasteiger partial charge on any atom is -0.334 e. The third-order valence-electron chi connectivity index (χ3n) is 4.10. The molecule has 2 aromatic heterocycles. The van der Waals surface area contributed by atoms with Crippen molar-refractivity contribution in [2.75, 3.05) is 0 Å². The van der Waals surface area contributed by atoms with Crippen LogP contribution >= 0.6 is 0 Å². The Balaban J connectivity index is 1.74. The Hall–Kier alpha value is -3.35. The first-order valence-electron chi connectivity index (χ1n) is 8.22. The smallest absolute Gasteiger partial charge is 0.261 e. The Morgan fingerprint density at radius 3 is 2.77 bits per heavy atom. The van der Waals surface area contributed by atoms with E-state index in [4.69, 9.17) is 4.52 Å². The van der Waals surface area contributed by atoms with Gasteiger partial charge in [0, 0.05) is 12.0 Å². The van der Waals surface area contributed by atoms with Crippen molar-refractivity contribution in [3.63, 3.8) is 0 Å². The molecule has 4 rings (SSSR count). The maximum absolute atomic E-state index is 13.4. The Kier molecular flexibility index (Phi) is 4.04. The van der Waals surface area contributed by atoms with Crippen molar-refractivity contribution >= 4 is 10.9 Å². The van der Waals surface area contributed by atoms with E-state index in [2.05, 4.69) is 15.1 Å². The fraction of sp³-hybridized carbons (Fsp3) is 0.158. The summed E-state index contributed by atoms with van der Waals surface area (Å²) in [4.78, 5) is 21.7. The van der Waals surface area contributed by atoms with E-state index in [0.717, 1.165) is 0 Å². The van der Waals surface area contributed by atoms with E-state index >= 15 is 0 Å². The summed E-state index contributed by atoms with van der Waals surface area (Å²) in [5.41, 5.74) is 1.01. The third-order valence-corrected chi connectivity index (χ3v) is 4.10. The molecule has 0 aliphatic heterocycles. The van der Waals surface area contributed by atoms with Gasteiger partial charge in [0.1, 0.15) is 11.6 Å². The number of aryl methyl sites for hydroxylation is 1. The van der Waals surface area contributed by atoms with E-state index in [1.807, 2.05) is 19.1 Å². The highest BCUT2D eigenvalue weighted by Gasteiger charge is 2.14. The minimum absolute atomic E-state index is 0.138. The van der Waals surface area contributed by atoms with Crippen LogP contribution in [0.3, 0.4) is 0 Å². The molecule has 0 radical (unpaired) electrons. The summed E-state index contributed by atoms with van der Waals surface area (Å²) < 4.78 is 20.1. The topological polar surface area (TPSA) is 73.8 Å². The molecule has 0 bridgehead atoms. The average molecular weight is 350 g/mol. The second kappa shape index (κ2) is 6.51. The summed E-state index contributed by atoms with van der Waals surface area (Å²) in [5.74, 6) is 0.800. The molecule has 0 amide bonds. The molecule has 2 aromatic carbocycles. The molecule has 0 unspecified atom stereocenters. The fourth-order valence-electron chi connectivity index (χ4n) is 2.85. The predicted octanol–water partition coefficient (Wildman–Crippen LogP) is 3.20. The number of hydrogen-bond acceptors (Lipinski definition) is 5. The lowest BCUT2D eigenvalue weighted by molar-refractivity contribution is 0.419. The summed E-state index contributed by atoms with van der Waals surface area (Å²) in [7, 11) is 0. The number of aromatic nitrogens is 4. The molecule has 0 N–H and O–H groups in total. The van der Waals surface area contributed by atoms with Crippen LogP contribution in [0.5, 0.6) is 0 Å². The number of nitrogens with zero attached hydrogens (tertiary/aromatic N) is 4. The minimum atomic E-state index is -0.384. The van der Waals surface area contributed by atoms with Gasteiger partial charge in [0.05, 0.1) is 17.4 Å². The van der Waals surface area contributed by atoms with Gasteiger partial charge in [-0.25, -0.2) is 9.37 Å². The zero-order valence-corrected chi connectivity index (χ0v) is 14.0. The molecule has 0 saturated carbocycles. The molecule has 0 atom stereocenters. The fourth-order valence-corrected chi connectivity index (χ4v) is 2.85. The van der Waals surface area contributed by atoms with Gasteiger partial charge in [0.15, 0.2) is 5.82 Å². The second-order valence-corrected chi connectivity index (χ2v) is 5.82. The Labute approximate surface area is 147 Å². The molecule has 130 valence electrons. The SMILES string of the molecule is CCc1nc2ccccc2c(=O)n1Cc1noc(-c2cccc(F)c2)n1. The van der Waals surface area contributed by atoms with E-state index in [0.29, 0.717) is 34.5 Å². The lowest BCUT2D eigenvalue weighted by Crippen LogP contribution is -2.26. The second-order valence-electron chi connectivity index (χ2n) is 5.82. The highest BCUT2D eigenvalue weighted by atomic mass is 19.1. The van der Waals surface area contributed by atoms with Crippen LogP contribution < -0.4 is 5.56 Å². The summed E-state index contributed by atoms with van der Waals surface area (Å²) in [6.45, 7) is 2.07. The molecule has 0 saturated heterocycles. The van der Waals surface area contributed by atoms with Crippen LogP contribution in [0.2, 0.25) is 0 Å². The van der Waals surface area contributed by atoms with Gasteiger partial charge in [-0.3, -0.25) is 9.36 Å². The van der Waals surface area contributed by atoms with Gasteiger partial charge >= 0.3 is 0 Å². The Morgan fingerprint density at radius 1 is 1.12 bits per heavy atom. The molecule has 0 fully saturated rings. The Bertz CT molecular complexity index is 1150. The maximum atomic E-state index is 13.4. The van der Waals surface area contributed by atoms with E-state index in [1.165, 1.54) is 12.1 Å². The van der Waals surface area contributed by atoms with Gasteiger partial charge in [0.2, 0.25) is 0 Å². The molecule has 2 heterocycles. The van der Waals surface area contributed by atoms with Crippen LogP contribution in [-0.4, -0.2) is 19.7 Å². The molecule has 4 aromatic rings. The van der Waals surface area contributed by atoms with Crippen molar-refractivity contribution in [2.45, 2.75) is 19.9 Å². The normalized spacial score (nSPS) is 11.2. The molecule has 26 heavy (non-hydrogen) atoms. The van der Waals surface area contributed by atoms with Crippen molar-refractivity contribution in [1.29, 1.82) is 0 Å². The van der Waals surface area contributed by atoms with Crippen molar-refractivity contribution in [3.05, 3.63) is 76.4 Å². The van der Waals surface area contributed by atoms with Gasteiger partial charge in [-0.2, -0.15) is 4.98 Å². The van der Waals surface area contributed by atoms with Crippen LogP contribution in [0, 0.1) is 5.82 Å². The summed E-state index contributed by atoms with van der Waals surface area (Å²) in [6.07, 6.45) is 0.592. The first kappa shape index (κ1) is 16.1. The van der Waals surface area contributed by atoms with E-state index in [1.54, 1.807) is 28.8 Å². The maximum Gasteiger partial charge on any atom is 0.261 e. The summed E-state index contributed by atoms with van der Waals surface area (Å²) in [5, 5.41) is 4.46. The zero-order chi connectivity index (χ0) is 18.1. The molecule has 0 aliphatic rings. The Morgan fingerprint density at radius 2 is 1.96 bits per heavy atom. The van der Waals surface area contributed by atoms with Crippen molar-refractivity contribution in [3.8, 4) is 11.5 Å². The largest absolute Gasteiger partial charge is 0.334 e. The third kappa shape index (κ3) is 2.88. The van der Waals surface area contributed by atoms with Gasteiger partial charge < -0.3 is 4.52 Å². The summed E-state index contributed by atoms with van der Waals surface area (Å²) >= 11 is 0. The van der Waals surface area contributed by atoms with Crippen LogP contribution in [0.1, 0.15) is 18.6 Å². The summed E-state index contributed by atoms with van der Waals surface area (Å²) in [6, 6.07) is 13.1. The van der Waals surface area contributed by atoms with E-state index in [9.17, 15) is 9.18 Å². The first-order valence-corrected chi connectivity index (χ1v) is 8.22. The zero-order valence-electron chi connectivity index (χ0n) is 14.0. The lowest BCUT2D eigenvalue weighted by Gasteiger charge is -2.10. The average Bonchev–Trinajstić information content (AvgIpc) is 3.12. The van der Waals surface area contributed by atoms with Gasteiger partial charge in [0.25, 0.3) is 11.4 Å². The van der Waals surface area contributed by atoms with Gasteiger partial charge in [-0.05, 0) is 30.3 Å². The van der Waals surface area contributed by atoms with E-state index in [-0.39, 0.29) is 23.8 Å². The number of hydrogen-bond donors (Lipinski definition) is 0. The number of para-hydroxylation sites is 1. The predicted molar refractivity (Wildman–Crippen MR) is 94.2 cm³/mol.